The van der Waals surface area contributed by atoms with Gasteiger partial charge in [0.05, 0.1) is 15.9 Å². The van der Waals surface area contributed by atoms with Crippen molar-refractivity contribution >= 4 is 34.2 Å². The van der Waals surface area contributed by atoms with Crippen LogP contribution in [0.5, 0.6) is 0 Å². The molecule has 0 aliphatic rings. The van der Waals surface area contributed by atoms with Crippen molar-refractivity contribution in [3.63, 3.8) is 0 Å². The third kappa shape index (κ3) is 2.37. The number of hydrogen-bond acceptors (Lipinski definition) is 2. The summed E-state index contributed by atoms with van der Waals surface area (Å²) in [5.74, 6) is -2.28. The van der Waals surface area contributed by atoms with E-state index in [0.29, 0.717) is 10.9 Å². The van der Waals surface area contributed by atoms with Crippen LogP contribution < -0.4 is 5.32 Å². The number of halogens is 4. The molecule has 1 heterocycles. The number of amides is 1. The Balaban J connectivity index is 2.57. The maximum Gasteiger partial charge on any atom is 0.471 e. The molecule has 0 radical (unpaired) electrons. The predicted octanol–water partition coefficient (Wildman–Crippen LogP) is 3.04. The summed E-state index contributed by atoms with van der Waals surface area (Å²) in [5.41, 5.74) is 1.37. The first-order valence-corrected chi connectivity index (χ1v) is 5.59. The van der Waals surface area contributed by atoms with E-state index in [1.54, 1.807) is 31.4 Å². The molecule has 4 nitrogen and oxygen atoms in total. The topological polar surface area (TPSA) is 46.9 Å². The third-order valence-corrected chi connectivity index (χ3v) is 2.94. The molecule has 0 atom stereocenters. The molecule has 0 bridgehead atoms. The number of aromatic nitrogens is 2. The van der Waals surface area contributed by atoms with Gasteiger partial charge in [-0.3, -0.25) is 9.48 Å². The minimum atomic E-state index is -4.97. The van der Waals surface area contributed by atoms with E-state index in [2.05, 4.69) is 5.10 Å². The molecule has 0 fully saturated rings. The second-order valence-corrected chi connectivity index (χ2v) is 4.42. The first-order valence-electron chi connectivity index (χ1n) is 5.22. The summed E-state index contributed by atoms with van der Waals surface area (Å²) in [6, 6.07) is 3.27. The molecule has 0 saturated heterocycles. The quantitative estimate of drug-likeness (QED) is 0.878. The minimum Gasteiger partial charge on any atom is -0.301 e. The first kappa shape index (κ1) is 13.7. The van der Waals surface area contributed by atoms with Gasteiger partial charge in [0.1, 0.15) is 0 Å². The largest absolute Gasteiger partial charge is 0.471 e. The molecule has 0 spiro atoms. The molecule has 19 heavy (non-hydrogen) atoms. The lowest BCUT2D eigenvalue weighted by molar-refractivity contribution is -0.167. The van der Waals surface area contributed by atoms with Crippen LogP contribution in [0.4, 0.5) is 19.0 Å². The van der Waals surface area contributed by atoms with Gasteiger partial charge in [0.25, 0.3) is 0 Å². The average molecular weight is 292 g/mol. The molecule has 102 valence electrons. The Labute approximate surface area is 111 Å². The molecule has 0 aliphatic heterocycles. The second kappa shape index (κ2) is 4.41. The maximum absolute atomic E-state index is 12.2. The van der Waals surface area contributed by atoms with Crippen molar-refractivity contribution in [1.29, 1.82) is 0 Å². The number of aryl methyl sites for hydroxylation is 2. The standard InChI is InChI=1S/C11H9ClF3N3O/c1-5-3-4-6(12)7-8(5)18(2)17-9(7)16-10(19)11(13,14)15/h3-4H,1-2H3,(H,16,17,19). The Morgan fingerprint density at radius 3 is 2.63 bits per heavy atom. The zero-order chi connectivity index (χ0) is 14.4. The highest BCUT2D eigenvalue weighted by Crippen LogP contribution is 2.32. The highest BCUT2D eigenvalue weighted by molar-refractivity contribution is 6.36. The summed E-state index contributed by atoms with van der Waals surface area (Å²) in [7, 11) is 1.56. The average Bonchev–Trinajstić information content (AvgIpc) is 2.61. The van der Waals surface area contributed by atoms with Crippen molar-refractivity contribution in [2.24, 2.45) is 7.05 Å². The summed E-state index contributed by atoms with van der Waals surface area (Å²) in [4.78, 5) is 11.0. The number of rotatable bonds is 1. The van der Waals surface area contributed by atoms with Crippen LogP contribution >= 0.6 is 11.6 Å². The number of nitrogens with zero attached hydrogens (tertiary/aromatic N) is 2. The van der Waals surface area contributed by atoms with Gasteiger partial charge in [-0.25, -0.2) is 0 Å². The van der Waals surface area contributed by atoms with Gasteiger partial charge in [-0.15, -0.1) is 0 Å². The number of nitrogens with one attached hydrogen (secondary N) is 1. The predicted molar refractivity (Wildman–Crippen MR) is 65.1 cm³/mol. The third-order valence-electron chi connectivity index (χ3n) is 2.63. The minimum absolute atomic E-state index is 0.200. The molecule has 1 amide bonds. The second-order valence-electron chi connectivity index (χ2n) is 4.01. The zero-order valence-electron chi connectivity index (χ0n) is 9.97. The van der Waals surface area contributed by atoms with Crippen LogP contribution in [0.1, 0.15) is 5.56 Å². The number of alkyl halides is 3. The van der Waals surface area contributed by atoms with E-state index in [1.165, 1.54) is 4.68 Å². The number of carbonyl (C=O) groups excluding carboxylic acids is 1. The van der Waals surface area contributed by atoms with Gasteiger partial charge < -0.3 is 5.32 Å². The van der Waals surface area contributed by atoms with Gasteiger partial charge in [-0.1, -0.05) is 17.7 Å². The van der Waals surface area contributed by atoms with E-state index in [1.807, 2.05) is 0 Å². The summed E-state index contributed by atoms with van der Waals surface area (Å²) >= 11 is 5.96. The smallest absolute Gasteiger partial charge is 0.301 e. The lowest BCUT2D eigenvalue weighted by Crippen LogP contribution is -2.30. The van der Waals surface area contributed by atoms with Crippen molar-refractivity contribution < 1.29 is 18.0 Å². The highest BCUT2D eigenvalue weighted by Gasteiger charge is 2.39. The van der Waals surface area contributed by atoms with Crippen LogP contribution in [0.25, 0.3) is 10.9 Å². The summed E-state index contributed by atoms with van der Waals surface area (Å²) in [6.45, 7) is 1.77. The normalized spacial score (nSPS) is 11.9. The monoisotopic (exact) mass is 291 g/mol. The Morgan fingerprint density at radius 1 is 1.42 bits per heavy atom. The van der Waals surface area contributed by atoms with Crippen LogP contribution in [-0.4, -0.2) is 21.9 Å². The van der Waals surface area contributed by atoms with Gasteiger partial charge in [-0.05, 0) is 18.6 Å². The molecule has 1 aromatic heterocycles. The molecule has 0 aliphatic carbocycles. The van der Waals surface area contributed by atoms with Crippen LogP contribution in [-0.2, 0) is 11.8 Å². The molecule has 1 aromatic carbocycles. The van der Waals surface area contributed by atoms with Crippen molar-refractivity contribution in [2.75, 3.05) is 5.32 Å². The number of anilines is 1. The molecule has 0 saturated carbocycles. The van der Waals surface area contributed by atoms with Crippen LogP contribution in [0, 0.1) is 6.92 Å². The highest BCUT2D eigenvalue weighted by atomic mass is 35.5. The van der Waals surface area contributed by atoms with Gasteiger partial charge in [-0.2, -0.15) is 18.3 Å². The van der Waals surface area contributed by atoms with Gasteiger partial charge in [0.2, 0.25) is 0 Å². The molecule has 0 unspecified atom stereocenters. The summed E-state index contributed by atoms with van der Waals surface area (Å²) in [5, 5.41) is 6.12. The molecule has 2 rings (SSSR count). The fraction of sp³-hybridized carbons (Fsp3) is 0.273. The molecular weight excluding hydrogens is 283 g/mol. The Bertz CT molecular complexity index is 663. The van der Waals surface area contributed by atoms with Crippen LogP contribution in [0.3, 0.4) is 0 Å². The van der Waals surface area contributed by atoms with Crippen molar-refractivity contribution in [2.45, 2.75) is 13.1 Å². The molecule has 2 aromatic rings. The fourth-order valence-corrected chi connectivity index (χ4v) is 2.07. The Hall–Kier alpha value is -1.76. The summed E-state index contributed by atoms with van der Waals surface area (Å²) < 4.78 is 38.1. The van der Waals surface area contributed by atoms with E-state index in [0.717, 1.165) is 5.56 Å². The fourth-order valence-electron chi connectivity index (χ4n) is 1.83. The van der Waals surface area contributed by atoms with Crippen molar-refractivity contribution in [1.82, 2.24) is 9.78 Å². The number of fused-ring (bicyclic) bond motifs is 1. The van der Waals surface area contributed by atoms with E-state index in [4.69, 9.17) is 11.6 Å². The number of hydrogen-bond donors (Lipinski definition) is 1. The van der Waals surface area contributed by atoms with E-state index in [-0.39, 0.29) is 10.8 Å². The van der Waals surface area contributed by atoms with Crippen LogP contribution in [0.15, 0.2) is 12.1 Å². The molecule has 8 heteroatoms. The van der Waals surface area contributed by atoms with Gasteiger partial charge in [0, 0.05) is 7.05 Å². The van der Waals surface area contributed by atoms with E-state index in [9.17, 15) is 18.0 Å². The van der Waals surface area contributed by atoms with E-state index >= 15 is 0 Å². The SMILES string of the molecule is Cc1ccc(Cl)c2c(NC(=O)C(F)(F)F)nn(C)c12. The first-order chi connectivity index (χ1) is 8.71. The maximum atomic E-state index is 12.2. The van der Waals surface area contributed by atoms with E-state index < -0.39 is 12.1 Å². The van der Waals surface area contributed by atoms with Gasteiger partial charge in [0.15, 0.2) is 5.82 Å². The summed E-state index contributed by atoms with van der Waals surface area (Å²) in [6.07, 6.45) is -4.97. The van der Waals surface area contributed by atoms with Crippen LogP contribution in [0.2, 0.25) is 5.02 Å². The Morgan fingerprint density at radius 2 is 2.05 bits per heavy atom. The zero-order valence-corrected chi connectivity index (χ0v) is 10.7. The molecule has 1 N–H and O–H groups in total. The Kier molecular flexibility index (Phi) is 3.17. The number of carbonyl (C=O) groups is 1. The van der Waals surface area contributed by atoms with Crippen molar-refractivity contribution in [3.8, 4) is 0 Å². The number of benzene rings is 1. The van der Waals surface area contributed by atoms with Gasteiger partial charge >= 0.3 is 12.1 Å². The molecular formula is C11H9ClF3N3O. The lowest BCUT2D eigenvalue weighted by atomic mass is 10.1. The van der Waals surface area contributed by atoms with Crippen molar-refractivity contribution in [3.05, 3.63) is 22.7 Å². The lowest BCUT2D eigenvalue weighted by Gasteiger charge is -2.06.